The highest BCUT2D eigenvalue weighted by Gasteiger charge is 2.32. The summed E-state index contributed by atoms with van der Waals surface area (Å²) >= 11 is 0. The molecule has 1 aliphatic heterocycles. The third kappa shape index (κ3) is 2.99. The average molecular weight is 261 g/mol. The number of hydrogen-bond donors (Lipinski definition) is 1. The van der Waals surface area contributed by atoms with Crippen LogP contribution in [0.2, 0.25) is 0 Å². The minimum atomic E-state index is -3.22. The first-order chi connectivity index (χ1) is 8.14. The Hall–Kier alpha value is -0.170. The molecular formula is C11H23N3O2S. The smallest absolute Gasteiger partial charge is 0.282 e. The molecule has 100 valence electrons. The maximum Gasteiger partial charge on any atom is 0.282 e. The van der Waals surface area contributed by atoms with E-state index in [9.17, 15) is 8.42 Å². The van der Waals surface area contributed by atoms with Gasteiger partial charge in [0.2, 0.25) is 0 Å². The van der Waals surface area contributed by atoms with Crippen LogP contribution in [0.25, 0.3) is 0 Å². The van der Waals surface area contributed by atoms with Crippen LogP contribution >= 0.6 is 0 Å². The van der Waals surface area contributed by atoms with Crippen LogP contribution in [0.1, 0.15) is 26.2 Å². The zero-order valence-electron chi connectivity index (χ0n) is 10.6. The lowest BCUT2D eigenvalue weighted by atomic mass is 9.85. The molecule has 17 heavy (non-hydrogen) atoms. The molecule has 1 N–H and O–H groups in total. The molecule has 2 rings (SSSR count). The summed E-state index contributed by atoms with van der Waals surface area (Å²) in [6.45, 7) is 5.96. The van der Waals surface area contributed by atoms with Crippen molar-refractivity contribution in [2.24, 2.45) is 5.92 Å². The molecule has 0 bridgehead atoms. The molecule has 2 fully saturated rings. The van der Waals surface area contributed by atoms with Crippen LogP contribution in [0.3, 0.4) is 0 Å². The molecule has 1 saturated carbocycles. The Morgan fingerprint density at radius 2 is 1.94 bits per heavy atom. The van der Waals surface area contributed by atoms with E-state index in [0.29, 0.717) is 32.1 Å². The average Bonchev–Trinajstić information content (AvgIpc) is 2.28. The highest BCUT2D eigenvalue weighted by atomic mass is 32.2. The predicted octanol–water partition coefficient (Wildman–Crippen LogP) is 0.258. The summed E-state index contributed by atoms with van der Waals surface area (Å²) in [7, 11) is -3.22. The SMILES string of the molecule is CCN(CC1CCC1)S(=O)(=O)N1CCNCC1. The zero-order valence-corrected chi connectivity index (χ0v) is 11.4. The molecule has 1 saturated heterocycles. The standard InChI is InChI=1S/C11H23N3O2S/c1-2-13(10-11-4-3-5-11)17(15,16)14-8-6-12-7-9-14/h11-12H,2-10H2,1H3. The van der Waals surface area contributed by atoms with Crippen LogP contribution in [0.5, 0.6) is 0 Å². The maximum atomic E-state index is 12.4. The van der Waals surface area contributed by atoms with E-state index >= 15 is 0 Å². The van der Waals surface area contributed by atoms with Crippen molar-refractivity contribution >= 4 is 10.2 Å². The van der Waals surface area contributed by atoms with Crippen molar-refractivity contribution in [3.63, 3.8) is 0 Å². The van der Waals surface area contributed by atoms with Gasteiger partial charge in [-0.1, -0.05) is 13.3 Å². The summed E-state index contributed by atoms with van der Waals surface area (Å²) in [6, 6.07) is 0. The molecule has 0 aromatic heterocycles. The lowest BCUT2D eigenvalue weighted by molar-refractivity contribution is 0.234. The van der Waals surface area contributed by atoms with Crippen LogP contribution in [0.15, 0.2) is 0 Å². The summed E-state index contributed by atoms with van der Waals surface area (Å²) in [6.07, 6.45) is 3.64. The molecule has 0 atom stereocenters. The van der Waals surface area contributed by atoms with Crippen LogP contribution in [-0.2, 0) is 10.2 Å². The second-order valence-electron chi connectivity index (χ2n) is 4.90. The number of hydrogen-bond acceptors (Lipinski definition) is 3. The summed E-state index contributed by atoms with van der Waals surface area (Å²) in [5.74, 6) is 0.590. The van der Waals surface area contributed by atoms with Crippen molar-refractivity contribution < 1.29 is 8.42 Å². The topological polar surface area (TPSA) is 52.7 Å². The summed E-state index contributed by atoms with van der Waals surface area (Å²) in [5, 5.41) is 3.18. The summed E-state index contributed by atoms with van der Waals surface area (Å²) in [4.78, 5) is 0. The number of rotatable bonds is 5. The third-order valence-corrected chi connectivity index (χ3v) is 5.85. The van der Waals surface area contributed by atoms with Gasteiger partial charge in [0.1, 0.15) is 0 Å². The van der Waals surface area contributed by atoms with E-state index in [4.69, 9.17) is 0 Å². The fourth-order valence-corrected chi connectivity index (χ4v) is 4.08. The van der Waals surface area contributed by atoms with E-state index in [1.54, 1.807) is 8.61 Å². The molecule has 0 aromatic rings. The molecule has 2 aliphatic rings. The second kappa shape index (κ2) is 5.65. The van der Waals surface area contributed by atoms with Crippen LogP contribution in [0.4, 0.5) is 0 Å². The van der Waals surface area contributed by atoms with Crippen LogP contribution in [-0.4, -0.2) is 56.3 Å². The van der Waals surface area contributed by atoms with Crippen LogP contribution in [0, 0.1) is 5.92 Å². The molecule has 1 aliphatic carbocycles. The van der Waals surface area contributed by atoms with Gasteiger partial charge in [-0.25, -0.2) is 0 Å². The Kier molecular flexibility index (Phi) is 4.41. The Balaban J connectivity index is 1.99. The number of nitrogens with one attached hydrogen (secondary N) is 1. The van der Waals surface area contributed by atoms with E-state index in [-0.39, 0.29) is 0 Å². The van der Waals surface area contributed by atoms with Gasteiger partial charge in [0.05, 0.1) is 0 Å². The van der Waals surface area contributed by atoms with Gasteiger partial charge in [-0.2, -0.15) is 17.0 Å². The molecule has 0 spiro atoms. The van der Waals surface area contributed by atoms with Gasteiger partial charge in [-0.15, -0.1) is 0 Å². The lowest BCUT2D eigenvalue weighted by Gasteiger charge is -2.35. The van der Waals surface area contributed by atoms with E-state index in [1.165, 1.54) is 19.3 Å². The van der Waals surface area contributed by atoms with Gasteiger partial charge in [-0.05, 0) is 18.8 Å². The molecule has 0 radical (unpaired) electrons. The first-order valence-electron chi connectivity index (χ1n) is 6.60. The molecule has 6 heteroatoms. The van der Waals surface area contributed by atoms with Crippen molar-refractivity contribution in [3.05, 3.63) is 0 Å². The van der Waals surface area contributed by atoms with Crippen molar-refractivity contribution in [1.82, 2.24) is 13.9 Å². The van der Waals surface area contributed by atoms with Gasteiger partial charge in [0.25, 0.3) is 10.2 Å². The second-order valence-corrected chi connectivity index (χ2v) is 6.83. The normalized spacial score (nSPS) is 23.9. The third-order valence-electron chi connectivity index (χ3n) is 3.77. The van der Waals surface area contributed by atoms with Gasteiger partial charge >= 0.3 is 0 Å². The van der Waals surface area contributed by atoms with E-state index < -0.39 is 10.2 Å². The van der Waals surface area contributed by atoms with Crippen molar-refractivity contribution in [2.75, 3.05) is 39.3 Å². The summed E-state index contributed by atoms with van der Waals surface area (Å²) < 4.78 is 28.1. The van der Waals surface area contributed by atoms with E-state index in [2.05, 4.69) is 5.32 Å². The Morgan fingerprint density at radius 1 is 1.29 bits per heavy atom. The largest absolute Gasteiger partial charge is 0.314 e. The fourth-order valence-electron chi connectivity index (χ4n) is 2.39. The number of piperazine rings is 1. The van der Waals surface area contributed by atoms with Crippen LogP contribution < -0.4 is 5.32 Å². The molecule has 5 nitrogen and oxygen atoms in total. The van der Waals surface area contributed by atoms with Gasteiger partial charge < -0.3 is 5.32 Å². The first-order valence-corrected chi connectivity index (χ1v) is 8.00. The van der Waals surface area contributed by atoms with Crippen molar-refractivity contribution in [1.29, 1.82) is 0 Å². The van der Waals surface area contributed by atoms with E-state index in [1.807, 2.05) is 6.92 Å². The molecule has 0 unspecified atom stereocenters. The first kappa shape index (κ1) is 13.3. The van der Waals surface area contributed by atoms with Crippen molar-refractivity contribution in [3.8, 4) is 0 Å². The van der Waals surface area contributed by atoms with Gasteiger partial charge in [-0.3, -0.25) is 0 Å². The molecular weight excluding hydrogens is 238 g/mol. The lowest BCUT2D eigenvalue weighted by Crippen LogP contribution is -2.52. The maximum absolute atomic E-state index is 12.4. The highest BCUT2D eigenvalue weighted by molar-refractivity contribution is 7.86. The minimum Gasteiger partial charge on any atom is -0.314 e. The Morgan fingerprint density at radius 3 is 2.41 bits per heavy atom. The van der Waals surface area contributed by atoms with Gasteiger partial charge in [0.15, 0.2) is 0 Å². The van der Waals surface area contributed by atoms with Gasteiger partial charge in [0, 0.05) is 39.3 Å². The molecule has 1 heterocycles. The zero-order chi connectivity index (χ0) is 12.3. The Bertz CT molecular complexity index is 335. The minimum absolute atomic E-state index is 0.586. The van der Waals surface area contributed by atoms with E-state index in [0.717, 1.165) is 13.1 Å². The highest BCUT2D eigenvalue weighted by Crippen LogP contribution is 2.28. The summed E-state index contributed by atoms with van der Waals surface area (Å²) in [5.41, 5.74) is 0. The van der Waals surface area contributed by atoms with Crippen molar-refractivity contribution in [2.45, 2.75) is 26.2 Å². The predicted molar refractivity (Wildman–Crippen MR) is 68.0 cm³/mol. The quantitative estimate of drug-likeness (QED) is 0.772. The fraction of sp³-hybridized carbons (Fsp3) is 1.00. The monoisotopic (exact) mass is 261 g/mol. The molecule has 0 aromatic carbocycles. The Labute approximate surface area is 104 Å². The molecule has 0 amide bonds. The number of nitrogens with zero attached hydrogens (tertiary/aromatic N) is 2.